The molecule has 3 N–H and O–H groups in total. The zero-order valence-electron chi connectivity index (χ0n) is 11.9. The van der Waals surface area contributed by atoms with Crippen LogP contribution < -0.4 is 10.6 Å². The molecule has 0 saturated heterocycles. The Bertz CT molecular complexity index is 567. The second-order valence-corrected chi connectivity index (χ2v) is 4.93. The predicted octanol–water partition coefficient (Wildman–Crippen LogP) is 3.66. The van der Waals surface area contributed by atoms with Gasteiger partial charge in [0, 0.05) is 30.0 Å². The molecule has 0 aliphatic carbocycles. The Labute approximate surface area is 124 Å². The normalized spacial score (nSPS) is 10.3. The molecule has 2 aromatic rings. The summed E-state index contributed by atoms with van der Waals surface area (Å²) in [6.07, 6.45) is 1.71. The molecular formula is C17H20N2O2. The summed E-state index contributed by atoms with van der Waals surface area (Å²) in [5, 5.41) is 8.72. The molecule has 0 heterocycles. The van der Waals surface area contributed by atoms with Crippen molar-refractivity contribution in [3.63, 3.8) is 0 Å². The van der Waals surface area contributed by atoms with Gasteiger partial charge in [-0.3, -0.25) is 4.79 Å². The van der Waals surface area contributed by atoms with Crippen molar-refractivity contribution in [1.29, 1.82) is 0 Å². The van der Waals surface area contributed by atoms with Crippen LogP contribution in [0.15, 0.2) is 54.6 Å². The number of rotatable bonds is 7. The largest absolute Gasteiger partial charge is 0.481 e. The highest BCUT2D eigenvalue weighted by molar-refractivity contribution is 5.67. The van der Waals surface area contributed by atoms with Gasteiger partial charge in [0.25, 0.3) is 0 Å². The maximum Gasteiger partial charge on any atom is 0.303 e. The summed E-state index contributed by atoms with van der Waals surface area (Å²) < 4.78 is 0. The van der Waals surface area contributed by atoms with Gasteiger partial charge < -0.3 is 15.7 Å². The molecule has 0 amide bonds. The van der Waals surface area contributed by atoms with Crippen LogP contribution in [-0.2, 0) is 4.79 Å². The van der Waals surface area contributed by atoms with Gasteiger partial charge in [0.1, 0.15) is 0 Å². The second kappa shape index (κ2) is 7.33. The summed E-state index contributed by atoms with van der Waals surface area (Å²) in [6, 6.07) is 17.8. The summed E-state index contributed by atoms with van der Waals surface area (Å²) >= 11 is 0. The Morgan fingerprint density at radius 1 is 0.952 bits per heavy atom. The SMILES string of the molecule is Nc1ccc(N(CCCCC(=O)O)c2ccccc2)cc1. The number of para-hydroxylation sites is 1. The minimum atomic E-state index is -0.742. The first-order valence-corrected chi connectivity index (χ1v) is 7.07. The molecular weight excluding hydrogens is 264 g/mol. The average molecular weight is 284 g/mol. The first-order chi connectivity index (χ1) is 10.2. The Kier molecular flexibility index (Phi) is 5.21. The van der Waals surface area contributed by atoms with Crippen LogP contribution in [0.4, 0.5) is 17.1 Å². The topological polar surface area (TPSA) is 66.6 Å². The van der Waals surface area contributed by atoms with Gasteiger partial charge in [-0.05, 0) is 49.2 Å². The van der Waals surface area contributed by atoms with Crippen molar-refractivity contribution < 1.29 is 9.90 Å². The van der Waals surface area contributed by atoms with E-state index in [1.807, 2.05) is 54.6 Å². The molecule has 4 heteroatoms. The predicted molar refractivity (Wildman–Crippen MR) is 85.8 cm³/mol. The zero-order valence-corrected chi connectivity index (χ0v) is 11.9. The van der Waals surface area contributed by atoms with Crippen LogP contribution in [0.5, 0.6) is 0 Å². The van der Waals surface area contributed by atoms with Crippen LogP contribution in [0.1, 0.15) is 19.3 Å². The number of carboxylic acids is 1. The van der Waals surface area contributed by atoms with Gasteiger partial charge in [-0.2, -0.15) is 0 Å². The molecule has 0 saturated carbocycles. The van der Waals surface area contributed by atoms with Crippen molar-refractivity contribution in [2.45, 2.75) is 19.3 Å². The molecule has 0 aromatic heterocycles. The number of nitrogens with two attached hydrogens (primary N) is 1. The van der Waals surface area contributed by atoms with Gasteiger partial charge in [-0.25, -0.2) is 0 Å². The van der Waals surface area contributed by atoms with Gasteiger partial charge in [-0.15, -0.1) is 0 Å². The zero-order chi connectivity index (χ0) is 15.1. The van der Waals surface area contributed by atoms with Gasteiger partial charge >= 0.3 is 5.97 Å². The lowest BCUT2D eigenvalue weighted by Gasteiger charge is -2.25. The quantitative estimate of drug-likeness (QED) is 0.601. The summed E-state index contributed by atoms with van der Waals surface area (Å²) in [5.74, 6) is -0.742. The highest BCUT2D eigenvalue weighted by atomic mass is 16.4. The number of nitrogens with zero attached hydrogens (tertiary/aromatic N) is 1. The molecule has 0 spiro atoms. The number of hydrogen-bond donors (Lipinski definition) is 2. The third-order valence-electron chi connectivity index (χ3n) is 3.29. The maximum absolute atomic E-state index is 10.6. The summed E-state index contributed by atoms with van der Waals surface area (Å²) in [7, 11) is 0. The van der Waals surface area contributed by atoms with Crippen LogP contribution in [0.3, 0.4) is 0 Å². The van der Waals surface area contributed by atoms with E-state index in [1.165, 1.54) is 0 Å². The highest BCUT2D eigenvalue weighted by Crippen LogP contribution is 2.26. The van der Waals surface area contributed by atoms with Crippen molar-refractivity contribution in [1.82, 2.24) is 0 Å². The fourth-order valence-electron chi connectivity index (χ4n) is 2.22. The van der Waals surface area contributed by atoms with E-state index < -0.39 is 5.97 Å². The number of hydrogen-bond acceptors (Lipinski definition) is 3. The fraction of sp³-hybridized carbons (Fsp3) is 0.235. The summed E-state index contributed by atoms with van der Waals surface area (Å²) in [4.78, 5) is 12.8. The lowest BCUT2D eigenvalue weighted by Crippen LogP contribution is -2.18. The number of carbonyl (C=O) groups is 1. The Morgan fingerprint density at radius 2 is 1.57 bits per heavy atom. The first kappa shape index (κ1) is 14.9. The van der Waals surface area contributed by atoms with Gasteiger partial charge in [-0.1, -0.05) is 18.2 Å². The molecule has 4 nitrogen and oxygen atoms in total. The summed E-state index contributed by atoms with van der Waals surface area (Å²) in [6.45, 7) is 0.779. The van der Waals surface area contributed by atoms with Crippen molar-refractivity contribution in [3.05, 3.63) is 54.6 Å². The number of unbranched alkanes of at least 4 members (excludes halogenated alkanes) is 1. The fourth-order valence-corrected chi connectivity index (χ4v) is 2.22. The van der Waals surface area contributed by atoms with E-state index in [9.17, 15) is 4.79 Å². The van der Waals surface area contributed by atoms with E-state index in [0.29, 0.717) is 6.42 Å². The van der Waals surface area contributed by atoms with Crippen LogP contribution in [0.25, 0.3) is 0 Å². The van der Waals surface area contributed by atoms with Crippen LogP contribution in [0.2, 0.25) is 0 Å². The summed E-state index contributed by atoms with van der Waals surface area (Å²) in [5.41, 5.74) is 8.63. The monoisotopic (exact) mass is 284 g/mol. The smallest absolute Gasteiger partial charge is 0.303 e. The molecule has 0 atom stereocenters. The van der Waals surface area contributed by atoms with E-state index in [4.69, 9.17) is 10.8 Å². The molecule has 110 valence electrons. The molecule has 21 heavy (non-hydrogen) atoms. The van der Waals surface area contributed by atoms with E-state index in [-0.39, 0.29) is 6.42 Å². The third-order valence-corrected chi connectivity index (χ3v) is 3.29. The van der Waals surface area contributed by atoms with Crippen LogP contribution in [0, 0.1) is 0 Å². The van der Waals surface area contributed by atoms with Gasteiger partial charge in [0.05, 0.1) is 0 Å². The molecule has 0 fully saturated rings. The van der Waals surface area contributed by atoms with E-state index in [0.717, 1.165) is 30.0 Å². The Morgan fingerprint density at radius 3 is 2.19 bits per heavy atom. The lowest BCUT2D eigenvalue weighted by molar-refractivity contribution is -0.137. The number of anilines is 3. The van der Waals surface area contributed by atoms with Crippen LogP contribution >= 0.6 is 0 Å². The molecule has 0 unspecified atom stereocenters. The Balaban J connectivity index is 2.11. The minimum absolute atomic E-state index is 0.213. The van der Waals surface area contributed by atoms with Gasteiger partial charge in [0.15, 0.2) is 0 Å². The molecule has 0 radical (unpaired) electrons. The number of benzene rings is 2. The lowest BCUT2D eigenvalue weighted by atomic mass is 10.2. The molecule has 0 aliphatic rings. The van der Waals surface area contributed by atoms with Crippen molar-refractivity contribution >= 4 is 23.0 Å². The standard InChI is InChI=1S/C17H20N2O2/c18-14-9-11-16(12-10-14)19(13-5-4-8-17(20)21)15-6-2-1-3-7-15/h1-3,6-7,9-12H,4-5,8,13,18H2,(H,20,21). The molecule has 0 aliphatic heterocycles. The van der Waals surface area contributed by atoms with Crippen molar-refractivity contribution in [2.24, 2.45) is 0 Å². The number of aliphatic carboxylic acids is 1. The Hall–Kier alpha value is -2.49. The third kappa shape index (κ3) is 4.53. The minimum Gasteiger partial charge on any atom is -0.481 e. The molecule has 2 rings (SSSR count). The number of carboxylic acid groups (broad SMARTS) is 1. The van der Waals surface area contributed by atoms with Crippen LogP contribution in [-0.4, -0.2) is 17.6 Å². The highest BCUT2D eigenvalue weighted by Gasteiger charge is 2.09. The van der Waals surface area contributed by atoms with E-state index >= 15 is 0 Å². The average Bonchev–Trinajstić information content (AvgIpc) is 2.49. The number of nitrogen functional groups attached to an aromatic ring is 1. The first-order valence-electron chi connectivity index (χ1n) is 7.07. The second-order valence-electron chi connectivity index (χ2n) is 4.93. The van der Waals surface area contributed by atoms with E-state index in [1.54, 1.807) is 0 Å². The van der Waals surface area contributed by atoms with Crippen molar-refractivity contribution in [2.75, 3.05) is 17.2 Å². The van der Waals surface area contributed by atoms with Gasteiger partial charge in [0.2, 0.25) is 0 Å². The molecule has 2 aromatic carbocycles. The van der Waals surface area contributed by atoms with Crippen molar-refractivity contribution in [3.8, 4) is 0 Å². The molecule has 0 bridgehead atoms. The van der Waals surface area contributed by atoms with E-state index in [2.05, 4.69) is 4.90 Å². The maximum atomic E-state index is 10.6.